The van der Waals surface area contributed by atoms with Crippen molar-refractivity contribution < 1.29 is 24.2 Å². The number of carboxylic acid groups (broad SMARTS) is 1. The van der Waals surface area contributed by atoms with E-state index in [1.165, 1.54) is 0 Å². The Morgan fingerprint density at radius 2 is 2.00 bits per heavy atom. The summed E-state index contributed by atoms with van der Waals surface area (Å²) < 4.78 is 9.17. The third-order valence-corrected chi connectivity index (χ3v) is 1.28. The fourth-order valence-electron chi connectivity index (χ4n) is 0.412. The van der Waals surface area contributed by atoms with Gasteiger partial charge in [0.15, 0.2) is 0 Å². The molecule has 1 N–H and O–H groups in total. The average Bonchev–Trinajstić information content (AvgIpc) is 2.03. The number of hydrogen-bond donors (Lipinski definition) is 1. The minimum atomic E-state index is -1.04. The maximum Gasteiger partial charge on any atom is 0.329 e. The summed E-state index contributed by atoms with van der Waals surface area (Å²) in [5, 5.41) is 8.26. The molecule has 0 saturated heterocycles. The van der Waals surface area contributed by atoms with Crippen molar-refractivity contribution in [3.05, 3.63) is 0 Å². The van der Waals surface area contributed by atoms with Crippen LogP contribution in [-0.2, 0) is 19.1 Å². The van der Waals surface area contributed by atoms with E-state index in [1.54, 1.807) is 0 Å². The van der Waals surface area contributed by atoms with Crippen molar-refractivity contribution in [1.29, 1.82) is 0 Å². The number of hydrogen-bond acceptors (Lipinski definition) is 4. The summed E-state index contributed by atoms with van der Waals surface area (Å²) in [6.07, 6.45) is 0. The maximum absolute atomic E-state index is 10.5. The highest BCUT2D eigenvalue weighted by Crippen LogP contribution is 1.85. The van der Waals surface area contributed by atoms with Gasteiger partial charge in [0, 0.05) is 0 Å². The van der Waals surface area contributed by atoms with Crippen LogP contribution in [0.25, 0.3) is 0 Å². The highest BCUT2D eigenvalue weighted by Gasteiger charge is 1.99. The van der Waals surface area contributed by atoms with Gasteiger partial charge < -0.3 is 14.6 Å². The third kappa shape index (κ3) is 7.49. The van der Waals surface area contributed by atoms with Gasteiger partial charge in [-0.3, -0.25) is 4.79 Å². The fraction of sp³-hybridized carbons (Fsp3) is 0.667. The van der Waals surface area contributed by atoms with Crippen molar-refractivity contribution in [1.82, 2.24) is 0 Å². The lowest BCUT2D eigenvalue weighted by atomic mass is 10.7. The van der Waals surface area contributed by atoms with Crippen LogP contribution in [0.2, 0.25) is 0 Å². The number of carbonyl (C=O) groups excluding carboxylic acids is 1. The number of halogens is 1. The van der Waals surface area contributed by atoms with E-state index >= 15 is 0 Å². The second-order valence-corrected chi connectivity index (χ2v) is 2.36. The number of aliphatic carboxylic acids is 1. The summed E-state index contributed by atoms with van der Waals surface area (Å²) in [5.41, 5.74) is 0. The van der Waals surface area contributed by atoms with Gasteiger partial charge in [-0.2, -0.15) is 0 Å². The molecule has 0 fully saturated rings. The number of ether oxygens (including phenoxy) is 2. The molecule has 12 heavy (non-hydrogen) atoms. The monoisotopic (exact) mass is 240 g/mol. The number of rotatable bonds is 6. The molecule has 0 bridgehead atoms. The predicted molar refractivity (Wildman–Crippen MR) is 43.2 cm³/mol. The van der Waals surface area contributed by atoms with Crippen LogP contribution in [0.5, 0.6) is 0 Å². The first-order valence-corrected chi connectivity index (χ1v) is 4.30. The highest BCUT2D eigenvalue weighted by molar-refractivity contribution is 9.09. The van der Waals surface area contributed by atoms with Crippen LogP contribution in [-0.4, -0.2) is 42.2 Å². The minimum Gasteiger partial charge on any atom is -0.480 e. The van der Waals surface area contributed by atoms with Gasteiger partial charge >= 0.3 is 11.9 Å². The van der Waals surface area contributed by atoms with Crippen LogP contribution in [0.1, 0.15) is 0 Å². The molecule has 0 spiro atoms. The van der Waals surface area contributed by atoms with Crippen LogP contribution in [0.15, 0.2) is 0 Å². The van der Waals surface area contributed by atoms with Crippen molar-refractivity contribution in [3.63, 3.8) is 0 Å². The second kappa shape index (κ2) is 7.05. The molecule has 0 atom stereocenters. The Hall–Kier alpha value is -0.620. The van der Waals surface area contributed by atoms with Crippen molar-refractivity contribution >= 4 is 27.9 Å². The molecule has 0 radical (unpaired) electrons. The summed E-state index contributed by atoms with van der Waals surface area (Å²) in [5.74, 6) is -1.43. The minimum absolute atomic E-state index is 0.0811. The van der Waals surface area contributed by atoms with E-state index in [4.69, 9.17) is 5.11 Å². The molecule has 0 saturated carbocycles. The van der Waals surface area contributed by atoms with Crippen LogP contribution >= 0.6 is 15.9 Å². The Kier molecular flexibility index (Phi) is 6.69. The molecular weight excluding hydrogens is 232 g/mol. The molecule has 5 nitrogen and oxygen atoms in total. The average molecular weight is 241 g/mol. The van der Waals surface area contributed by atoms with Gasteiger partial charge in [0.1, 0.15) is 18.5 Å². The van der Waals surface area contributed by atoms with Gasteiger partial charge in [0.25, 0.3) is 0 Å². The summed E-state index contributed by atoms with van der Waals surface area (Å²) in [6.45, 7) is -0.186. The standard InChI is InChI=1S/C6H9BrO5/c7-3-6(10)12-2-1-11-4-5(8)9/h1-4H2,(H,8,9). The first kappa shape index (κ1) is 11.4. The van der Waals surface area contributed by atoms with E-state index in [0.29, 0.717) is 0 Å². The smallest absolute Gasteiger partial charge is 0.329 e. The molecule has 70 valence electrons. The Bertz CT molecular complexity index is 158. The van der Waals surface area contributed by atoms with Crippen LogP contribution in [0, 0.1) is 0 Å². The van der Waals surface area contributed by atoms with E-state index in [0.717, 1.165) is 0 Å². The van der Waals surface area contributed by atoms with Crippen LogP contribution in [0.3, 0.4) is 0 Å². The van der Waals surface area contributed by atoms with E-state index < -0.39 is 11.9 Å². The van der Waals surface area contributed by atoms with Crippen molar-refractivity contribution in [2.75, 3.05) is 25.2 Å². The number of esters is 1. The molecule has 0 aliphatic heterocycles. The normalized spacial score (nSPS) is 9.42. The fourth-order valence-corrected chi connectivity index (χ4v) is 0.574. The van der Waals surface area contributed by atoms with Gasteiger partial charge in [-0.1, -0.05) is 15.9 Å². The summed E-state index contributed by atoms with van der Waals surface area (Å²) in [4.78, 5) is 20.4. The van der Waals surface area contributed by atoms with Crippen molar-refractivity contribution in [2.45, 2.75) is 0 Å². The van der Waals surface area contributed by atoms with Gasteiger partial charge in [-0.05, 0) is 0 Å². The van der Waals surface area contributed by atoms with Gasteiger partial charge in [-0.25, -0.2) is 4.79 Å². The lowest BCUT2D eigenvalue weighted by Crippen LogP contribution is -2.14. The quantitative estimate of drug-likeness (QED) is 0.403. The first-order valence-electron chi connectivity index (χ1n) is 3.18. The molecule has 0 aromatic rings. The lowest BCUT2D eigenvalue weighted by Gasteiger charge is -2.01. The van der Waals surface area contributed by atoms with E-state index in [1.807, 2.05) is 0 Å². The van der Waals surface area contributed by atoms with Gasteiger partial charge in [-0.15, -0.1) is 0 Å². The SMILES string of the molecule is O=C(O)COCCOC(=O)CBr. The largest absolute Gasteiger partial charge is 0.480 e. The van der Waals surface area contributed by atoms with Gasteiger partial charge in [0.2, 0.25) is 0 Å². The topological polar surface area (TPSA) is 72.8 Å². The zero-order chi connectivity index (χ0) is 9.40. The molecule has 0 aromatic heterocycles. The molecule has 0 unspecified atom stereocenters. The van der Waals surface area contributed by atoms with Gasteiger partial charge in [0.05, 0.1) is 6.61 Å². The Morgan fingerprint density at radius 3 is 2.50 bits per heavy atom. The molecular formula is C6H9BrO5. The molecule has 0 amide bonds. The second-order valence-electron chi connectivity index (χ2n) is 1.80. The van der Waals surface area contributed by atoms with E-state index in [9.17, 15) is 9.59 Å². The van der Waals surface area contributed by atoms with E-state index in [-0.39, 0.29) is 25.2 Å². The van der Waals surface area contributed by atoms with Crippen LogP contribution < -0.4 is 0 Å². The third-order valence-electron chi connectivity index (χ3n) is 0.825. The number of alkyl halides is 1. The molecule has 0 aliphatic rings. The Labute approximate surface area is 77.8 Å². The maximum atomic E-state index is 10.5. The Morgan fingerprint density at radius 1 is 1.33 bits per heavy atom. The lowest BCUT2D eigenvalue weighted by molar-refractivity contribution is -0.145. The number of carboxylic acids is 1. The number of carbonyl (C=O) groups is 2. The summed E-state index contributed by atoms with van der Waals surface area (Å²) in [6, 6.07) is 0. The zero-order valence-corrected chi connectivity index (χ0v) is 7.87. The predicted octanol–water partition coefficient (Wildman–Crippen LogP) is 0.0257. The summed E-state index contributed by atoms with van der Waals surface area (Å²) >= 11 is 2.90. The first-order chi connectivity index (χ1) is 5.66. The van der Waals surface area contributed by atoms with Crippen LogP contribution in [0.4, 0.5) is 0 Å². The molecule has 0 aliphatic carbocycles. The van der Waals surface area contributed by atoms with Crippen molar-refractivity contribution in [2.24, 2.45) is 0 Å². The molecule has 0 aromatic carbocycles. The molecule has 0 rings (SSSR count). The summed E-state index contributed by atoms with van der Waals surface area (Å²) in [7, 11) is 0. The molecule has 0 heterocycles. The molecule has 6 heteroatoms. The van der Waals surface area contributed by atoms with Crippen molar-refractivity contribution in [3.8, 4) is 0 Å². The highest BCUT2D eigenvalue weighted by atomic mass is 79.9. The van der Waals surface area contributed by atoms with E-state index in [2.05, 4.69) is 25.4 Å². The Balaban J connectivity index is 3.11. The zero-order valence-electron chi connectivity index (χ0n) is 6.29.